The van der Waals surface area contributed by atoms with Crippen LogP contribution in [0, 0.1) is 0 Å². The van der Waals surface area contributed by atoms with Crippen molar-refractivity contribution in [1.29, 1.82) is 0 Å². The fraction of sp³-hybridized carbons (Fsp3) is 0.500. The molecule has 0 saturated carbocycles. The molecule has 0 saturated heterocycles. The van der Waals surface area contributed by atoms with Gasteiger partial charge in [0, 0.05) is 0 Å². The Bertz CT molecular complexity index is 62.6. The maximum atomic E-state index is 10.8. The van der Waals surface area contributed by atoms with Crippen molar-refractivity contribution in [2.45, 2.75) is 6.43 Å². The van der Waals surface area contributed by atoms with E-state index in [9.17, 15) is 13.6 Å². The largest absolute Gasteiger partial charge is 0.300 e. The van der Waals surface area contributed by atoms with Gasteiger partial charge in [-0.15, -0.1) is 0 Å². The molecule has 0 bridgehead atoms. The molecule has 0 heterocycles. The summed E-state index contributed by atoms with van der Waals surface area (Å²) in [5, 5.41) is -1.27. The van der Waals surface area contributed by atoms with Crippen molar-refractivity contribution in [3.8, 4) is 0 Å². The summed E-state index contributed by atoms with van der Waals surface area (Å²) in [6.45, 7) is 0. The molecule has 1 nitrogen and oxygen atoms in total. The summed E-state index contributed by atoms with van der Waals surface area (Å²) >= 11 is 0. The molecule has 0 amide bonds. The lowest BCUT2D eigenvalue weighted by atomic mass is 10.8. The lowest BCUT2D eigenvalue weighted by Crippen LogP contribution is -2.07. The van der Waals surface area contributed by atoms with Crippen molar-refractivity contribution in [2.75, 3.05) is 0 Å². The normalized spacial score (nSPS) is 9.33. The van der Waals surface area contributed by atoms with Gasteiger partial charge in [-0.2, -0.15) is 0 Å². The van der Waals surface area contributed by atoms with Crippen LogP contribution in [0.1, 0.15) is 0 Å². The maximum Gasteiger partial charge on any atom is 0.290 e. The Morgan fingerprint density at radius 1 is 1.67 bits per heavy atom. The Morgan fingerprint density at radius 3 is 1.83 bits per heavy atom. The van der Waals surface area contributed by atoms with Gasteiger partial charge in [-0.1, -0.05) is 0 Å². The molecule has 0 aliphatic carbocycles. The number of carbonyl (C=O) groups excluding carboxylic acids is 1. The van der Waals surface area contributed by atoms with E-state index in [1.807, 2.05) is 0 Å². The summed E-state index contributed by atoms with van der Waals surface area (Å²) in [5.74, 6) is 0. The summed E-state index contributed by atoms with van der Waals surface area (Å²) < 4.78 is 21.5. The number of carbonyl (C=O) groups is 1. The van der Waals surface area contributed by atoms with Gasteiger partial charge in [0.2, 0.25) is 0 Å². The standard InChI is InChI=1S/C2HF2OSi/c3-1(4)2(5)6/h1H. The Kier molecular flexibility index (Phi) is 1.93. The van der Waals surface area contributed by atoms with Crippen LogP contribution in [-0.2, 0) is 4.79 Å². The first-order chi connectivity index (χ1) is 2.64. The van der Waals surface area contributed by atoms with Crippen molar-refractivity contribution >= 4 is 15.6 Å². The highest BCUT2D eigenvalue weighted by Gasteiger charge is 2.05. The van der Waals surface area contributed by atoms with Crippen LogP contribution in [0.5, 0.6) is 0 Å². The van der Waals surface area contributed by atoms with Crippen LogP contribution in [0.3, 0.4) is 0 Å². The number of alkyl halides is 2. The van der Waals surface area contributed by atoms with Crippen LogP contribution in [-0.4, -0.2) is 22.1 Å². The molecule has 6 heavy (non-hydrogen) atoms. The number of halogens is 2. The van der Waals surface area contributed by atoms with E-state index in [2.05, 4.69) is 10.2 Å². The Morgan fingerprint density at radius 2 is 1.83 bits per heavy atom. The third-order valence-corrected chi connectivity index (χ3v) is 0.416. The molecule has 0 spiro atoms. The zero-order valence-corrected chi connectivity index (χ0v) is 3.74. The van der Waals surface area contributed by atoms with E-state index < -0.39 is 11.8 Å². The molecule has 33 valence electrons. The molecule has 0 atom stereocenters. The zero-order valence-electron chi connectivity index (χ0n) is 2.74. The van der Waals surface area contributed by atoms with Crippen molar-refractivity contribution in [2.24, 2.45) is 0 Å². The molecule has 0 rings (SSSR count). The molecule has 0 aromatic rings. The second kappa shape index (κ2) is 2.02. The van der Waals surface area contributed by atoms with Crippen LogP contribution in [0.15, 0.2) is 0 Å². The Balaban J connectivity index is 3.26. The zero-order chi connectivity index (χ0) is 5.15. The molecule has 0 aromatic heterocycles. The third kappa shape index (κ3) is 2.01. The lowest BCUT2D eigenvalue weighted by molar-refractivity contribution is -0.121. The van der Waals surface area contributed by atoms with E-state index in [1.165, 1.54) is 0 Å². The van der Waals surface area contributed by atoms with Gasteiger partial charge in [-0.25, -0.2) is 8.78 Å². The maximum absolute atomic E-state index is 10.8. The van der Waals surface area contributed by atoms with Gasteiger partial charge in [0.25, 0.3) is 6.43 Å². The Labute approximate surface area is 36.8 Å². The highest BCUT2D eigenvalue weighted by Crippen LogP contribution is 1.87. The molecule has 0 fully saturated rings. The Hall–Kier alpha value is -0.253. The smallest absolute Gasteiger partial charge is 0.290 e. The first-order valence-electron chi connectivity index (χ1n) is 1.18. The fourth-order valence-electron chi connectivity index (χ4n) is 0. The quantitative estimate of drug-likeness (QED) is 0.429. The predicted octanol–water partition coefficient (Wildman–Crippen LogP) is -0.0534. The number of hydrogen-bond acceptors (Lipinski definition) is 1. The second-order valence-corrected chi connectivity index (χ2v) is 1.16. The van der Waals surface area contributed by atoms with E-state index in [0.29, 0.717) is 0 Å². The second-order valence-electron chi connectivity index (χ2n) is 0.665. The third-order valence-electron chi connectivity index (χ3n) is 0.198. The molecular weight excluding hydrogens is 106 g/mol. The van der Waals surface area contributed by atoms with E-state index in [4.69, 9.17) is 0 Å². The van der Waals surface area contributed by atoms with Gasteiger partial charge in [-0.3, -0.25) is 0 Å². The molecule has 4 heteroatoms. The minimum absolute atomic E-state index is 1.27. The van der Waals surface area contributed by atoms with Crippen LogP contribution in [0.25, 0.3) is 0 Å². The van der Waals surface area contributed by atoms with Gasteiger partial charge in [0.1, 0.15) is 10.2 Å². The topological polar surface area (TPSA) is 17.1 Å². The average molecular weight is 107 g/mol. The summed E-state index contributed by atoms with van der Waals surface area (Å²) in [7, 11) is 2.09. The van der Waals surface area contributed by atoms with E-state index in [1.54, 1.807) is 0 Å². The molecular formula is C2HF2OSi. The molecule has 0 aromatic carbocycles. The van der Waals surface area contributed by atoms with Gasteiger partial charge in [0.05, 0.1) is 0 Å². The summed E-state index contributed by atoms with van der Waals surface area (Å²) in [6, 6.07) is 0. The van der Waals surface area contributed by atoms with E-state index >= 15 is 0 Å². The molecule has 0 unspecified atom stereocenters. The fourth-order valence-corrected chi connectivity index (χ4v) is 0. The number of rotatable bonds is 1. The number of hydrogen-bond donors (Lipinski definition) is 0. The molecule has 0 aliphatic rings. The average Bonchev–Trinajstić information content (AvgIpc) is 1.36. The van der Waals surface area contributed by atoms with Gasteiger partial charge < -0.3 is 4.79 Å². The molecule has 0 N–H and O–H groups in total. The van der Waals surface area contributed by atoms with Crippen molar-refractivity contribution in [3.63, 3.8) is 0 Å². The summed E-state index contributed by atoms with van der Waals surface area (Å²) in [5.41, 5.74) is 0. The summed E-state index contributed by atoms with van der Waals surface area (Å²) in [4.78, 5) is 9.31. The van der Waals surface area contributed by atoms with Gasteiger partial charge in [0.15, 0.2) is 5.41 Å². The van der Waals surface area contributed by atoms with Crippen molar-refractivity contribution in [1.82, 2.24) is 0 Å². The summed E-state index contributed by atoms with van der Waals surface area (Å²) in [6.07, 6.45) is -2.87. The van der Waals surface area contributed by atoms with Crippen LogP contribution >= 0.6 is 0 Å². The van der Waals surface area contributed by atoms with Crippen molar-refractivity contribution < 1.29 is 13.6 Å². The predicted molar refractivity (Wildman–Crippen MR) is 16.8 cm³/mol. The SMILES string of the molecule is O=C([Si])C(F)F. The molecule has 0 aliphatic heterocycles. The van der Waals surface area contributed by atoms with Crippen LogP contribution in [0.2, 0.25) is 0 Å². The van der Waals surface area contributed by atoms with Gasteiger partial charge in [-0.05, 0) is 0 Å². The van der Waals surface area contributed by atoms with Crippen molar-refractivity contribution in [3.05, 3.63) is 0 Å². The highest BCUT2D eigenvalue weighted by atomic mass is 28.1. The monoisotopic (exact) mass is 107 g/mol. The highest BCUT2D eigenvalue weighted by molar-refractivity contribution is 6.58. The first-order valence-corrected chi connectivity index (χ1v) is 1.68. The lowest BCUT2D eigenvalue weighted by Gasteiger charge is -1.82. The van der Waals surface area contributed by atoms with E-state index in [0.717, 1.165) is 0 Å². The minimum Gasteiger partial charge on any atom is -0.300 e. The molecule has 3 radical (unpaired) electrons. The first kappa shape index (κ1) is 5.75. The van der Waals surface area contributed by atoms with Crippen LogP contribution < -0.4 is 0 Å². The minimum atomic E-state index is -2.87. The van der Waals surface area contributed by atoms with E-state index in [-0.39, 0.29) is 0 Å². The van der Waals surface area contributed by atoms with Gasteiger partial charge >= 0.3 is 0 Å². The van der Waals surface area contributed by atoms with Crippen LogP contribution in [0.4, 0.5) is 8.78 Å².